The maximum Gasteiger partial charge on any atom is 0.257 e. The number of pyridine rings is 1. The van der Waals surface area contributed by atoms with Crippen molar-refractivity contribution in [2.24, 2.45) is 0 Å². The smallest absolute Gasteiger partial charge is 0.257 e. The SMILES string of the molecule is CS(=N)(=O)c1ccccc1C(c1cccc(F)c1)N1CCN(C(=O)c2cncc3cc[nH]c23)CC1. The van der Waals surface area contributed by atoms with Gasteiger partial charge in [-0.15, -0.1) is 0 Å². The van der Waals surface area contributed by atoms with Crippen molar-refractivity contribution in [3.8, 4) is 0 Å². The first-order valence-corrected chi connectivity index (χ1v) is 13.3. The Morgan fingerprint density at radius 2 is 1.86 bits per heavy atom. The third kappa shape index (κ3) is 4.56. The number of aromatic nitrogens is 2. The number of benzene rings is 2. The van der Waals surface area contributed by atoms with Crippen molar-refractivity contribution in [2.75, 3.05) is 32.4 Å². The van der Waals surface area contributed by atoms with E-state index in [1.54, 1.807) is 41.7 Å². The minimum Gasteiger partial charge on any atom is -0.360 e. The molecule has 180 valence electrons. The fourth-order valence-corrected chi connectivity index (χ4v) is 5.79. The summed E-state index contributed by atoms with van der Waals surface area (Å²) < 4.78 is 35.3. The van der Waals surface area contributed by atoms with Gasteiger partial charge in [-0.1, -0.05) is 30.3 Å². The van der Waals surface area contributed by atoms with Crippen LogP contribution in [0.5, 0.6) is 0 Å². The minimum absolute atomic E-state index is 0.0874. The Balaban J connectivity index is 1.45. The van der Waals surface area contributed by atoms with E-state index in [4.69, 9.17) is 4.78 Å². The van der Waals surface area contributed by atoms with Crippen LogP contribution >= 0.6 is 0 Å². The van der Waals surface area contributed by atoms with E-state index in [2.05, 4.69) is 14.9 Å². The van der Waals surface area contributed by atoms with Gasteiger partial charge in [-0.2, -0.15) is 0 Å². The van der Waals surface area contributed by atoms with Crippen molar-refractivity contribution in [3.63, 3.8) is 0 Å². The summed E-state index contributed by atoms with van der Waals surface area (Å²) in [7, 11) is -3.01. The molecule has 0 saturated carbocycles. The molecule has 5 rings (SSSR count). The Kier molecular flexibility index (Phi) is 6.12. The molecule has 7 nitrogen and oxygen atoms in total. The zero-order valence-electron chi connectivity index (χ0n) is 19.3. The molecule has 1 aliphatic heterocycles. The van der Waals surface area contributed by atoms with Gasteiger partial charge in [-0.25, -0.2) is 13.4 Å². The third-order valence-electron chi connectivity index (χ3n) is 6.46. The van der Waals surface area contributed by atoms with Gasteiger partial charge in [-0.05, 0) is 35.4 Å². The van der Waals surface area contributed by atoms with Crippen LogP contribution in [0.25, 0.3) is 10.9 Å². The number of hydrogen-bond donors (Lipinski definition) is 2. The van der Waals surface area contributed by atoms with Crippen molar-refractivity contribution in [1.82, 2.24) is 19.8 Å². The van der Waals surface area contributed by atoms with E-state index in [0.717, 1.165) is 22.0 Å². The average Bonchev–Trinajstić information content (AvgIpc) is 3.33. The number of halogens is 1. The number of H-pyrrole nitrogens is 1. The first-order chi connectivity index (χ1) is 16.8. The molecule has 4 aromatic rings. The van der Waals surface area contributed by atoms with Gasteiger partial charge in [0.05, 0.1) is 31.7 Å². The Morgan fingerprint density at radius 3 is 2.60 bits per heavy atom. The number of hydrogen-bond acceptors (Lipinski definition) is 5. The lowest BCUT2D eigenvalue weighted by molar-refractivity contribution is 0.0597. The van der Waals surface area contributed by atoms with Crippen molar-refractivity contribution in [2.45, 2.75) is 10.9 Å². The normalized spacial score (nSPS) is 17.3. The van der Waals surface area contributed by atoms with Gasteiger partial charge in [-0.3, -0.25) is 14.7 Å². The third-order valence-corrected chi connectivity index (χ3v) is 7.67. The molecular weight excluding hydrogens is 465 g/mol. The number of aromatic amines is 1. The molecular formula is C26H26FN5O2S. The van der Waals surface area contributed by atoms with Crippen molar-refractivity contribution in [1.29, 1.82) is 4.78 Å². The molecule has 2 aromatic carbocycles. The second-order valence-corrected chi connectivity index (χ2v) is 10.9. The quantitative estimate of drug-likeness (QED) is 0.436. The summed E-state index contributed by atoms with van der Waals surface area (Å²) in [5.74, 6) is -0.441. The van der Waals surface area contributed by atoms with Gasteiger partial charge in [0.2, 0.25) is 0 Å². The molecule has 2 aromatic heterocycles. The fourth-order valence-electron chi connectivity index (χ4n) is 4.82. The van der Waals surface area contributed by atoms with Gasteiger partial charge in [0.25, 0.3) is 5.91 Å². The predicted octanol–water partition coefficient (Wildman–Crippen LogP) is 4.28. The summed E-state index contributed by atoms with van der Waals surface area (Å²) in [6.45, 7) is 2.04. The number of amides is 1. The highest BCUT2D eigenvalue weighted by Gasteiger charge is 2.31. The highest BCUT2D eigenvalue weighted by molar-refractivity contribution is 7.91. The maximum absolute atomic E-state index is 14.2. The maximum atomic E-state index is 14.2. The summed E-state index contributed by atoms with van der Waals surface area (Å²) >= 11 is 0. The molecule has 0 radical (unpaired) electrons. The van der Waals surface area contributed by atoms with Crippen LogP contribution in [0.3, 0.4) is 0 Å². The molecule has 3 heterocycles. The molecule has 9 heteroatoms. The Labute approximate surface area is 203 Å². The second kappa shape index (κ2) is 9.24. The van der Waals surface area contributed by atoms with Crippen LogP contribution in [-0.2, 0) is 9.73 Å². The van der Waals surface area contributed by atoms with Crippen LogP contribution in [0.1, 0.15) is 27.5 Å². The summed E-state index contributed by atoms with van der Waals surface area (Å²) in [6.07, 6.45) is 6.51. The molecule has 0 aliphatic carbocycles. The van der Waals surface area contributed by atoms with Crippen LogP contribution in [-0.4, -0.2) is 62.3 Å². The highest BCUT2D eigenvalue weighted by atomic mass is 32.2. The number of rotatable bonds is 5. The zero-order valence-corrected chi connectivity index (χ0v) is 20.1. The van der Waals surface area contributed by atoms with Crippen LogP contribution in [0.4, 0.5) is 4.39 Å². The van der Waals surface area contributed by atoms with Crippen LogP contribution in [0, 0.1) is 10.6 Å². The molecule has 2 atom stereocenters. The Hall–Kier alpha value is -3.56. The number of carbonyl (C=O) groups excluding carboxylic acids is 1. The second-order valence-electron chi connectivity index (χ2n) is 8.80. The van der Waals surface area contributed by atoms with Gasteiger partial charge in [0, 0.05) is 56.4 Å². The van der Waals surface area contributed by atoms with Crippen LogP contribution in [0.2, 0.25) is 0 Å². The van der Waals surface area contributed by atoms with Crippen LogP contribution < -0.4 is 0 Å². The molecule has 2 N–H and O–H groups in total. The highest BCUT2D eigenvalue weighted by Crippen LogP contribution is 2.34. The summed E-state index contributed by atoms with van der Waals surface area (Å²) in [6, 6.07) is 15.1. The lowest BCUT2D eigenvalue weighted by Crippen LogP contribution is -2.50. The molecule has 35 heavy (non-hydrogen) atoms. The van der Waals surface area contributed by atoms with Crippen molar-refractivity contribution < 1.29 is 13.4 Å². The minimum atomic E-state index is -3.01. The fraction of sp³-hybridized carbons (Fsp3) is 0.231. The van der Waals surface area contributed by atoms with E-state index >= 15 is 0 Å². The Bertz CT molecular complexity index is 1490. The van der Waals surface area contributed by atoms with Gasteiger partial charge >= 0.3 is 0 Å². The first kappa shape index (κ1) is 23.2. The molecule has 1 aliphatic rings. The summed E-state index contributed by atoms with van der Waals surface area (Å²) in [5, 5.41) is 0.885. The van der Waals surface area contributed by atoms with Gasteiger partial charge in [0.1, 0.15) is 5.82 Å². The monoisotopic (exact) mass is 491 g/mol. The van der Waals surface area contributed by atoms with E-state index in [-0.39, 0.29) is 11.7 Å². The molecule has 0 bridgehead atoms. The number of nitrogens with zero attached hydrogens (tertiary/aromatic N) is 3. The van der Waals surface area contributed by atoms with E-state index < -0.39 is 15.8 Å². The Morgan fingerprint density at radius 1 is 1.09 bits per heavy atom. The molecule has 1 fully saturated rings. The molecule has 2 unspecified atom stereocenters. The molecule has 1 saturated heterocycles. The molecule has 0 spiro atoms. The average molecular weight is 492 g/mol. The van der Waals surface area contributed by atoms with Crippen molar-refractivity contribution >= 4 is 26.5 Å². The molecule has 1 amide bonds. The first-order valence-electron chi connectivity index (χ1n) is 11.4. The van der Waals surface area contributed by atoms with E-state index in [0.29, 0.717) is 36.6 Å². The van der Waals surface area contributed by atoms with Gasteiger partial charge in [0.15, 0.2) is 0 Å². The van der Waals surface area contributed by atoms with E-state index in [1.807, 2.05) is 24.3 Å². The number of piperazine rings is 1. The summed E-state index contributed by atoms with van der Waals surface area (Å²) in [4.78, 5) is 25.0. The number of fused-ring (bicyclic) bond motifs is 1. The van der Waals surface area contributed by atoms with Crippen LogP contribution in [0.15, 0.2) is 78.1 Å². The number of nitrogens with one attached hydrogen (secondary N) is 2. The number of carbonyl (C=O) groups is 1. The summed E-state index contributed by atoms with van der Waals surface area (Å²) in [5.41, 5.74) is 2.75. The topological polar surface area (TPSA) is 93.2 Å². The predicted molar refractivity (Wildman–Crippen MR) is 133 cm³/mol. The lowest BCUT2D eigenvalue weighted by atomic mass is 9.96. The lowest BCUT2D eigenvalue weighted by Gasteiger charge is -2.40. The van der Waals surface area contributed by atoms with Crippen molar-refractivity contribution in [3.05, 3.63) is 95.7 Å². The van der Waals surface area contributed by atoms with E-state index in [9.17, 15) is 13.4 Å². The largest absolute Gasteiger partial charge is 0.360 e. The van der Waals surface area contributed by atoms with Gasteiger partial charge < -0.3 is 9.88 Å². The van der Waals surface area contributed by atoms with E-state index in [1.165, 1.54) is 18.4 Å². The zero-order chi connectivity index (χ0) is 24.6. The standard InChI is InChI=1S/C26H26FN5O2S/c1-35(28,34)23-8-3-2-7-21(23)25(18-5-4-6-20(27)15-18)31-11-13-32(14-12-31)26(33)22-17-29-16-19-9-10-30-24(19)22/h2-10,15-17,25,28,30H,11-14H2,1H3.